The second kappa shape index (κ2) is 10.8. The molecule has 1 amide bonds. The second-order valence-electron chi connectivity index (χ2n) is 8.10. The van der Waals surface area contributed by atoms with Crippen molar-refractivity contribution in [1.29, 1.82) is 0 Å². The molecule has 0 bridgehead atoms. The zero-order chi connectivity index (χ0) is 24.0. The largest absolute Gasteiger partial charge is 0.497 e. The van der Waals surface area contributed by atoms with Crippen molar-refractivity contribution in [2.45, 2.75) is 56.1 Å². The smallest absolute Gasteiger partial charge is 0.338 e. The number of amides is 1. The van der Waals surface area contributed by atoms with Gasteiger partial charge in [-0.05, 0) is 68.3 Å². The normalized spacial score (nSPS) is 15.6. The first-order valence-corrected chi connectivity index (χ1v) is 12.4. The lowest BCUT2D eigenvalue weighted by molar-refractivity contribution is -0.123. The number of hydrogen-bond acceptors (Lipinski definition) is 6. The van der Waals surface area contributed by atoms with Crippen LogP contribution in [-0.4, -0.2) is 50.9 Å². The number of rotatable bonds is 8. The Labute approximate surface area is 194 Å². The molecule has 0 aliphatic heterocycles. The maximum Gasteiger partial charge on any atom is 0.338 e. The predicted octanol–water partition coefficient (Wildman–Crippen LogP) is 3.83. The van der Waals surface area contributed by atoms with Gasteiger partial charge in [-0.3, -0.25) is 4.79 Å². The summed E-state index contributed by atoms with van der Waals surface area (Å²) in [6, 6.07) is 12.3. The van der Waals surface area contributed by atoms with Crippen LogP contribution in [0.5, 0.6) is 5.75 Å². The van der Waals surface area contributed by atoms with Crippen molar-refractivity contribution in [3.05, 3.63) is 54.1 Å². The Hall–Kier alpha value is -2.91. The standard InChI is InChI=1S/C24H30N2O6S/c1-17(23(27)25-19-11-13-21(31-3)14-12-19)32-24(28)18-9-15-22(16-10-18)33(29,30)26(2)20-7-5-4-6-8-20/h9-17,20H,4-8H2,1-3H3,(H,25,27). The minimum Gasteiger partial charge on any atom is -0.497 e. The van der Waals surface area contributed by atoms with E-state index in [9.17, 15) is 18.0 Å². The van der Waals surface area contributed by atoms with Crippen molar-refractivity contribution in [2.75, 3.05) is 19.5 Å². The summed E-state index contributed by atoms with van der Waals surface area (Å²) in [5.41, 5.74) is 0.707. The molecule has 1 unspecified atom stereocenters. The molecule has 1 aliphatic rings. The first-order valence-electron chi connectivity index (χ1n) is 11.0. The number of ether oxygens (including phenoxy) is 2. The zero-order valence-electron chi connectivity index (χ0n) is 19.1. The third kappa shape index (κ3) is 6.11. The molecule has 1 atom stereocenters. The van der Waals surface area contributed by atoms with Gasteiger partial charge in [0.05, 0.1) is 17.6 Å². The molecule has 0 spiro atoms. The van der Waals surface area contributed by atoms with Gasteiger partial charge in [-0.15, -0.1) is 0 Å². The van der Waals surface area contributed by atoms with Gasteiger partial charge < -0.3 is 14.8 Å². The van der Waals surface area contributed by atoms with Gasteiger partial charge in [0, 0.05) is 18.8 Å². The number of carbonyl (C=O) groups excluding carboxylic acids is 2. The Kier molecular flexibility index (Phi) is 8.10. The van der Waals surface area contributed by atoms with E-state index in [0.717, 1.165) is 32.1 Å². The minimum absolute atomic E-state index is 0.00143. The van der Waals surface area contributed by atoms with Crippen LogP contribution in [0.3, 0.4) is 0 Å². The highest BCUT2D eigenvalue weighted by molar-refractivity contribution is 7.89. The summed E-state index contributed by atoms with van der Waals surface area (Å²) in [7, 11) is -0.494. The quantitative estimate of drug-likeness (QED) is 0.584. The predicted molar refractivity (Wildman–Crippen MR) is 125 cm³/mol. The summed E-state index contributed by atoms with van der Waals surface area (Å²) >= 11 is 0. The van der Waals surface area contributed by atoms with E-state index < -0.39 is 28.0 Å². The molecular weight excluding hydrogens is 444 g/mol. The number of esters is 1. The Morgan fingerprint density at radius 1 is 1.00 bits per heavy atom. The van der Waals surface area contributed by atoms with Crippen molar-refractivity contribution in [3.63, 3.8) is 0 Å². The molecule has 1 fully saturated rings. The number of hydrogen-bond donors (Lipinski definition) is 1. The van der Waals surface area contributed by atoms with Crippen molar-refractivity contribution in [3.8, 4) is 5.75 Å². The Balaban J connectivity index is 1.60. The Morgan fingerprint density at radius 3 is 2.18 bits per heavy atom. The van der Waals surface area contributed by atoms with Gasteiger partial charge in [0.2, 0.25) is 10.0 Å². The van der Waals surface area contributed by atoms with E-state index in [0.29, 0.717) is 11.4 Å². The highest BCUT2D eigenvalue weighted by Crippen LogP contribution is 2.26. The fraction of sp³-hybridized carbons (Fsp3) is 0.417. The molecule has 3 rings (SSSR count). The molecule has 1 saturated carbocycles. The molecule has 0 heterocycles. The van der Waals surface area contributed by atoms with Gasteiger partial charge in [-0.25, -0.2) is 13.2 Å². The lowest BCUT2D eigenvalue weighted by atomic mass is 9.96. The first kappa shape index (κ1) is 24.7. The molecule has 8 nitrogen and oxygen atoms in total. The van der Waals surface area contributed by atoms with Crippen molar-refractivity contribution in [1.82, 2.24) is 4.31 Å². The number of nitrogens with one attached hydrogen (secondary N) is 1. The molecule has 2 aromatic rings. The summed E-state index contributed by atoms with van der Waals surface area (Å²) in [5.74, 6) is -0.540. The molecule has 9 heteroatoms. The van der Waals surface area contributed by atoms with Crippen LogP contribution in [0.4, 0.5) is 5.69 Å². The summed E-state index contributed by atoms with van der Waals surface area (Å²) in [5, 5.41) is 2.67. The van der Waals surface area contributed by atoms with Crippen LogP contribution in [0.2, 0.25) is 0 Å². The van der Waals surface area contributed by atoms with Crippen LogP contribution < -0.4 is 10.1 Å². The zero-order valence-corrected chi connectivity index (χ0v) is 19.9. The molecule has 1 aliphatic carbocycles. The number of nitrogens with zero attached hydrogens (tertiary/aromatic N) is 1. The number of anilines is 1. The first-order chi connectivity index (χ1) is 15.7. The van der Waals surface area contributed by atoms with E-state index >= 15 is 0 Å². The van der Waals surface area contributed by atoms with Gasteiger partial charge in [0.25, 0.3) is 5.91 Å². The summed E-state index contributed by atoms with van der Waals surface area (Å²) in [6.45, 7) is 1.47. The molecule has 0 radical (unpaired) electrons. The van der Waals surface area contributed by atoms with Gasteiger partial charge in [0.1, 0.15) is 5.75 Å². The fourth-order valence-corrected chi connectivity index (χ4v) is 5.19. The molecule has 178 valence electrons. The maximum atomic E-state index is 12.9. The molecule has 0 saturated heterocycles. The molecule has 1 N–H and O–H groups in total. The highest BCUT2D eigenvalue weighted by atomic mass is 32.2. The SMILES string of the molecule is COc1ccc(NC(=O)C(C)OC(=O)c2ccc(S(=O)(=O)N(C)C3CCCCC3)cc2)cc1. The van der Waals surface area contributed by atoms with Crippen LogP contribution >= 0.6 is 0 Å². The van der Waals surface area contributed by atoms with Crippen LogP contribution in [-0.2, 0) is 19.6 Å². The van der Waals surface area contributed by atoms with E-state index in [1.54, 1.807) is 38.4 Å². The number of sulfonamides is 1. The maximum absolute atomic E-state index is 12.9. The van der Waals surface area contributed by atoms with E-state index in [-0.39, 0.29) is 16.5 Å². The minimum atomic E-state index is -3.65. The Bertz CT molecular complexity index is 1060. The van der Waals surface area contributed by atoms with E-state index in [4.69, 9.17) is 9.47 Å². The lowest BCUT2D eigenvalue weighted by Gasteiger charge is -2.30. The van der Waals surface area contributed by atoms with Crippen LogP contribution in [0.25, 0.3) is 0 Å². The number of methoxy groups -OCH3 is 1. The lowest BCUT2D eigenvalue weighted by Crippen LogP contribution is -2.38. The van der Waals surface area contributed by atoms with Crippen LogP contribution in [0, 0.1) is 0 Å². The molecular formula is C24H30N2O6S. The monoisotopic (exact) mass is 474 g/mol. The van der Waals surface area contributed by atoms with Gasteiger partial charge in [0.15, 0.2) is 6.10 Å². The van der Waals surface area contributed by atoms with Crippen molar-refractivity contribution in [2.24, 2.45) is 0 Å². The van der Waals surface area contributed by atoms with Gasteiger partial charge in [-0.2, -0.15) is 4.31 Å². The molecule has 2 aromatic carbocycles. The number of benzene rings is 2. The van der Waals surface area contributed by atoms with Gasteiger partial charge >= 0.3 is 5.97 Å². The third-order valence-electron chi connectivity index (χ3n) is 5.87. The fourth-order valence-electron chi connectivity index (χ4n) is 3.77. The Morgan fingerprint density at radius 2 is 1.61 bits per heavy atom. The van der Waals surface area contributed by atoms with Crippen molar-refractivity contribution < 1.29 is 27.5 Å². The average molecular weight is 475 g/mol. The summed E-state index contributed by atoms with van der Waals surface area (Å²) in [4.78, 5) is 24.9. The van der Waals surface area contributed by atoms with E-state index in [1.807, 2.05) is 0 Å². The summed E-state index contributed by atoms with van der Waals surface area (Å²) < 4.78 is 37.6. The van der Waals surface area contributed by atoms with E-state index in [2.05, 4.69) is 5.32 Å². The van der Waals surface area contributed by atoms with Gasteiger partial charge in [-0.1, -0.05) is 19.3 Å². The molecule has 0 aromatic heterocycles. The summed E-state index contributed by atoms with van der Waals surface area (Å²) in [6.07, 6.45) is 3.87. The van der Waals surface area contributed by atoms with E-state index in [1.165, 1.54) is 35.5 Å². The molecule has 33 heavy (non-hydrogen) atoms. The topological polar surface area (TPSA) is 102 Å². The van der Waals surface area contributed by atoms with Crippen LogP contribution in [0.15, 0.2) is 53.4 Å². The van der Waals surface area contributed by atoms with Crippen molar-refractivity contribution >= 4 is 27.6 Å². The second-order valence-corrected chi connectivity index (χ2v) is 10.1. The third-order valence-corrected chi connectivity index (χ3v) is 7.79. The number of carbonyl (C=O) groups is 2. The van der Waals surface area contributed by atoms with Crippen LogP contribution in [0.1, 0.15) is 49.4 Å². The average Bonchev–Trinajstić information content (AvgIpc) is 2.84. The highest BCUT2D eigenvalue weighted by Gasteiger charge is 2.29.